The van der Waals surface area contributed by atoms with Crippen LogP contribution in [-0.4, -0.2) is 58.2 Å². The third-order valence-electron chi connectivity index (χ3n) is 5.89. The van der Waals surface area contributed by atoms with Crippen LogP contribution < -0.4 is 15.8 Å². The molecule has 9 nitrogen and oxygen atoms in total. The van der Waals surface area contributed by atoms with Crippen molar-refractivity contribution in [1.82, 2.24) is 25.0 Å². The molecule has 0 bridgehead atoms. The molecule has 0 atom stereocenters. The number of hydrogen-bond donors (Lipinski definition) is 2. The summed E-state index contributed by atoms with van der Waals surface area (Å²) in [6, 6.07) is 5.92. The topological polar surface area (TPSA) is 103 Å². The van der Waals surface area contributed by atoms with Gasteiger partial charge in [0.15, 0.2) is 16.9 Å². The first kappa shape index (κ1) is 19.5. The molecule has 0 amide bonds. The molecule has 0 unspecified atom stereocenters. The largest absolute Gasteiger partial charge is 0.369 e. The minimum atomic E-state index is -0.0262. The maximum atomic E-state index is 12.1. The van der Waals surface area contributed by atoms with Crippen LogP contribution in [0, 0.1) is 0 Å². The number of aryl methyl sites for hydroxylation is 1. The number of nitrogens with zero attached hydrogens (tertiary/aromatic N) is 5. The highest BCUT2D eigenvalue weighted by Crippen LogP contribution is 2.25. The molecule has 5 rings (SSSR count). The minimum Gasteiger partial charge on any atom is -0.369 e. The summed E-state index contributed by atoms with van der Waals surface area (Å²) in [5, 5.41) is 6.98. The second-order valence-electron chi connectivity index (χ2n) is 7.84. The van der Waals surface area contributed by atoms with Crippen LogP contribution >= 0.6 is 0 Å². The fourth-order valence-electron chi connectivity index (χ4n) is 4.10. The van der Waals surface area contributed by atoms with Gasteiger partial charge < -0.3 is 19.7 Å². The van der Waals surface area contributed by atoms with E-state index in [1.54, 1.807) is 7.05 Å². The lowest BCUT2D eigenvalue weighted by molar-refractivity contribution is 0.249. The number of fused-ring (bicyclic) bond motifs is 2. The van der Waals surface area contributed by atoms with E-state index in [0.29, 0.717) is 17.8 Å². The Morgan fingerprint density at radius 2 is 1.97 bits per heavy atom. The van der Waals surface area contributed by atoms with Gasteiger partial charge in [0.25, 0.3) is 5.56 Å². The van der Waals surface area contributed by atoms with Gasteiger partial charge in [-0.15, -0.1) is 0 Å². The number of nitrogens with one attached hydrogen (secondary N) is 2. The number of pyridine rings is 3. The number of aromatic nitrogens is 4. The molecule has 0 saturated carbocycles. The van der Waals surface area contributed by atoms with Crippen molar-refractivity contribution in [3.05, 3.63) is 52.1 Å². The van der Waals surface area contributed by atoms with Gasteiger partial charge in [-0.3, -0.25) is 14.7 Å². The lowest BCUT2D eigenvalue weighted by Crippen LogP contribution is -2.46. The molecule has 5 heterocycles. The van der Waals surface area contributed by atoms with Gasteiger partial charge >= 0.3 is 0 Å². The molecule has 0 spiro atoms. The zero-order valence-corrected chi connectivity index (χ0v) is 17.7. The van der Waals surface area contributed by atoms with Gasteiger partial charge in [-0.25, -0.2) is 4.98 Å². The molecule has 1 aliphatic rings. The molecule has 160 valence electrons. The lowest BCUT2D eigenvalue weighted by atomic mass is 10.1. The van der Waals surface area contributed by atoms with E-state index in [1.807, 2.05) is 37.5 Å². The molecular formula is C22H25N7O2. The van der Waals surface area contributed by atoms with Gasteiger partial charge in [0.2, 0.25) is 0 Å². The van der Waals surface area contributed by atoms with Crippen molar-refractivity contribution >= 4 is 33.6 Å². The van der Waals surface area contributed by atoms with Crippen molar-refractivity contribution in [3.63, 3.8) is 0 Å². The predicted molar refractivity (Wildman–Crippen MR) is 121 cm³/mol. The van der Waals surface area contributed by atoms with Crippen LogP contribution in [0.25, 0.3) is 22.1 Å². The van der Waals surface area contributed by atoms with Crippen molar-refractivity contribution in [3.8, 4) is 0 Å². The summed E-state index contributed by atoms with van der Waals surface area (Å²) >= 11 is 0. The Morgan fingerprint density at radius 3 is 2.74 bits per heavy atom. The summed E-state index contributed by atoms with van der Waals surface area (Å²) in [7, 11) is 1.80. The first-order valence-corrected chi connectivity index (χ1v) is 10.6. The van der Waals surface area contributed by atoms with Crippen molar-refractivity contribution in [2.75, 3.05) is 43.4 Å². The summed E-state index contributed by atoms with van der Waals surface area (Å²) < 4.78 is 5.39. The average Bonchev–Trinajstić information content (AvgIpc) is 3.21. The summed E-state index contributed by atoms with van der Waals surface area (Å²) in [5.41, 5.74) is 5.95. The Balaban J connectivity index is 1.26. The number of hydrogen-bond acceptors (Lipinski definition) is 8. The molecule has 0 aliphatic carbocycles. The normalized spacial score (nSPS) is 15.1. The predicted octanol–water partition coefficient (Wildman–Crippen LogP) is 2.39. The van der Waals surface area contributed by atoms with E-state index >= 15 is 0 Å². The highest BCUT2D eigenvalue weighted by atomic mass is 16.5. The molecule has 1 saturated heterocycles. The Kier molecular flexibility index (Phi) is 5.03. The van der Waals surface area contributed by atoms with E-state index in [2.05, 4.69) is 35.2 Å². The molecule has 1 aliphatic heterocycles. The van der Waals surface area contributed by atoms with Gasteiger partial charge in [0, 0.05) is 57.6 Å². The highest BCUT2D eigenvalue weighted by molar-refractivity contribution is 5.85. The van der Waals surface area contributed by atoms with E-state index in [1.165, 1.54) is 0 Å². The highest BCUT2D eigenvalue weighted by Gasteiger charge is 2.19. The van der Waals surface area contributed by atoms with Crippen molar-refractivity contribution in [2.24, 2.45) is 0 Å². The summed E-state index contributed by atoms with van der Waals surface area (Å²) in [5.74, 6) is 0.655. The number of H-pyrrole nitrogens is 1. The second kappa shape index (κ2) is 7.99. The molecule has 1 fully saturated rings. The monoisotopic (exact) mass is 419 g/mol. The van der Waals surface area contributed by atoms with Crippen LogP contribution in [0.5, 0.6) is 0 Å². The Labute approximate surface area is 179 Å². The summed E-state index contributed by atoms with van der Waals surface area (Å²) in [6.07, 6.45) is 4.49. The SMILES string of the molecule is CCc1cc2ncc(CN3CCN(c4cnc5c(NC)noc5c4)CC3)cc2[nH]c1=O. The van der Waals surface area contributed by atoms with Crippen LogP contribution in [0.4, 0.5) is 11.5 Å². The van der Waals surface area contributed by atoms with Crippen LogP contribution in [0.2, 0.25) is 0 Å². The maximum Gasteiger partial charge on any atom is 0.251 e. The lowest BCUT2D eigenvalue weighted by Gasteiger charge is -2.35. The molecule has 31 heavy (non-hydrogen) atoms. The smallest absolute Gasteiger partial charge is 0.251 e. The van der Waals surface area contributed by atoms with Crippen molar-refractivity contribution in [1.29, 1.82) is 0 Å². The first-order valence-electron chi connectivity index (χ1n) is 10.6. The molecule has 0 radical (unpaired) electrons. The van der Waals surface area contributed by atoms with Gasteiger partial charge in [0.05, 0.1) is 22.9 Å². The van der Waals surface area contributed by atoms with Crippen molar-refractivity contribution in [2.45, 2.75) is 19.9 Å². The first-order chi connectivity index (χ1) is 15.1. The van der Waals surface area contributed by atoms with E-state index < -0.39 is 0 Å². The van der Waals surface area contributed by atoms with Crippen LogP contribution in [-0.2, 0) is 13.0 Å². The third kappa shape index (κ3) is 3.72. The fraction of sp³-hybridized carbons (Fsp3) is 0.364. The Hall–Kier alpha value is -3.46. The number of aromatic amines is 1. The zero-order chi connectivity index (χ0) is 21.4. The third-order valence-corrected chi connectivity index (χ3v) is 5.89. The van der Waals surface area contributed by atoms with E-state index in [4.69, 9.17) is 4.52 Å². The summed E-state index contributed by atoms with van der Waals surface area (Å²) in [4.78, 5) is 28.9. The average molecular weight is 419 g/mol. The van der Waals surface area contributed by atoms with E-state index in [-0.39, 0.29) is 5.56 Å². The van der Waals surface area contributed by atoms with E-state index in [0.717, 1.165) is 66.1 Å². The molecular weight excluding hydrogens is 394 g/mol. The minimum absolute atomic E-state index is 0.0262. The number of rotatable bonds is 5. The molecule has 4 aromatic heterocycles. The molecule has 9 heteroatoms. The van der Waals surface area contributed by atoms with E-state index in [9.17, 15) is 4.79 Å². The zero-order valence-electron chi connectivity index (χ0n) is 17.7. The number of piperazine rings is 1. The van der Waals surface area contributed by atoms with Crippen LogP contribution in [0.3, 0.4) is 0 Å². The summed E-state index contributed by atoms with van der Waals surface area (Å²) in [6.45, 7) is 6.44. The second-order valence-corrected chi connectivity index (χ2v) is 7.84. The Bertz CT molecular complexity index is 1290. The molecule has 2 N–H and O–H groups in total. The fourth-order valence-corrected chi connectivity index (χ4v) is 4.10. The quantitative estimate of drug-likeness (QED) is 0.508. The van der Waals surface area contributed by atoms with Gasteiger partial charge in [-0.2, -0.15) is 0 Å². The standard InChI is InChI=1S/C22H25N7O2/c1-3-15-9-17-18(26-22(15)30)8-14(11-24-17)13-28-4-6-29(7-5-28)16-10-19-20(25-12-16)21(23-2)27-31-19/h8-12H,3-7,13H2,1-2H3,(H,23,27)(H,26,30). The van der Waals surface area contributed by atoms with Gasteiger partial charge in [-0.1, -0.05) is 12.1 Å². The molecule has 4 aromatic rings. The van der Waals surface area contributed by atoms with Gasteiger partial charge in [0.1, 0.15) is 0 Å². The Morgan fingerprint density at radius 1 is 1.13 bits per heavy atom. The maximum absolute atomic E-state index is 12.1. The van der Waals surface area contributed by atoms with Crippen molar-refractivity contribution < 1.29 is 4.52 Å². The van der Waals surface area contributed by atoms with Crippen LogP contribution in [0.1, 0.15) is 18.1 Å². The van der Waals surface area contributed by atoms with Gasteiger partial charge in [-0.05, 0) is 24.1 Å². The molecule has 0 aromatic carbocycles. The number of anilines is 2. The van der Waals surface area contributed by atoms with Crippen LogP contribution in [0.15, 0.2) is 39.9 Å².